The molecule has 0 saturated heterocycles. The van der Waals surface area contributed by atoms with Crippen LogP contribution in [0.2, 0.25) is 0 Å². The largest absolute Gasteiger partial charge is 0.282 e. The molecule has 1 heterocycles. The van der Waals surface area contributed by atoms with Crippen LogP contribution in [-0.2, 0) is 10.0 Å². The average molecular weight is 376 g/mol. The van der Waals surface area contributed by atoms with E-state index in [-0.39, 0.29) is 15.8 Å². The van der Waals surface area contributed by atoms with Gasteiger partial charge in [-0.1, -0.05) is 0 Å². The molecule has 0 amide bonds. The first kappa shape index (κ1) is 15.3. The SMILES string of the molecule is O=[N+]([O-])c1ccc(Br)c(NS(=O)(=O)c2ncccc2F)c1. The molecule has 2 rings (SSSR count). The molecule has 10 heteroatoms. The van der Waals surface area contributed by atoms with Crippen molar-refractivity contribution in [2.24, 2.45) is 0 Å². The molecule has 0 aliphatic rings. The lowest BCUT2D eigenvalue weighted by Gasteiger charge is -2.09. The summed E-state index contributed by atoms with van der Waals surface area (Å²) in [4.78, 5) is 13.5. The summed E-state index contributed by atoms with van der Waals surface area (Å²) in [5.74, 6) is -1.02. The zero-order valence-corrected chi connectivity index (χ0v) is 12.6. The smallest absolute Gasteiger partial charge is 0.277 e. The van der Waals surface area contributed by atoms with E-state index in [1.54, 1.807) is 0 Å². The maximum Gasteiger partial charge on any atom is 0.282 e. The summed E-state index contributed by atoms with van der Waals surface area (Å²) in [5.41, 5.74) is -0.397. The molecule has 0 atom stereocenters. The van der Waals surface area contributed by atoms with Crippen molar-refractivity contribution in [1.82, 2.24) is 4.98 Å². The number of nitrogens with zero attached hydrogens (tertiary/aromatic N) is 2. The predicted octanol–water partition coefficient (Wildman–Crippen LogP) is 2.69. The summed E-state index contributed by atoms with van der Waals surface area (Å²) < 4.78 is 39.9. The zero-order valence-electron chi connectivity index (χ0n) is 10.2. The van der Waals surface area contributed by atoms with Crippen LogP contribution in [0.4, 0.5) is 15.8 Å². The normalized spacial score (nSPS) is 11.1. The van der Waals surface area contributed by atoms with Crippen molar-refractivity contribution in [3.8, 4) is 0 Å². The number of pyridine rings is 1. The van der Waals surface area contributed by atoms with Crippen LogP contribution in [0.15, 0.2) is 46.0 Å². The van der Waals surface area contributed by atoms with Gasteiger partial charge in [0.15, 0.2) is 5.82 Å². The van der Waals surface area contributed by atoms with Gasteiger partial charge >= 0.3 is 0 Å². The fourth-order valence-corrected chi connectivity index (χ4v) is 3.02. The number of nitro benzene ring substituents is 1. The van der Waals surface area contributed by atoms with Gasteiger partial charge in [-0.05, 0) is 34.1 Å². The first-order valence-electron chi connectivity index (χ1n) is 5.38. The highest BCUT2D eigenvalue weighted by Gasteiger charge is 2.22. The van der Waals surface area contributed by atoms with Gasteiger partial charge in [0.1, 0.15) is 0 Å². The Labute approximate surface area is 127 Å². The minimum Gasteiger partial charge on any atom is -0.277 e. The quantitative estimate of drug-likeness (QED) is 0.653. The van der Waals surface area contributed by atoms with Crippen LogP contribution in [-0.4, -0.2) is 18.3 Å². The highest BCUT2D eigenvalue weighted by atomic mass is 79.9. The molecule has 7 nitrogen and oxygen atoms in total. The summed E-state index contributed by atoms with van der Waals surface area (Å²) in [6, 6.07) is 5.72. The van der Waals surface area contributed by atoms with Crippen molar-refractivity contribution >= 4 is 37.3 Å². The number of hydrogen-bond acceptors (Lipinski definition) is 5. The Balaban J connectivity index is 2.44. The maximum absolute atomic E-state index is 13.5. The lowest BCUT2D eigenvalue weighted by atomic mass is 10.3. The van der Waals surface area contributed by atoms with E-state index in [1.165, 1.54) is 18.2 Å². The van der Waals surface area contributed by atoms with Crippen LogP contribution in [0.25, 0.3) is 0 Å². The Kier molecular flexibility index (Phi) is 4.19. The Hall–Kier alpha value is -2.07. The number of nitrogens with one attached hydrogen (secondary N) is 1. The third-order valence-corrected chi connectivity index (χ3v) is 4.37. The molecule has 110 valence electrons. The van der Waals surface area contributed by atoms with Gasteiger partial charge in [-0.15, -0.1) is 0 Å². The van der Waals surface area contributed by atoms with E-state index in [2.05, 4.69) is 25.6 Å². The molecule has 21 heavy (non-hydrogen) atoms. The van der Waals surface area contributed by atoms with Crippen molar-refractivity contribution in [2.75, 3.05) is 4.72 Å². The first-order valence-corrected chi connectivity index (χ1v) is 7.66. The van der Waals surface area contributed by atoms with Crippen LogP contribution < -0.4 is 4.72 Å². The molecule has 0 aliphatic heterocycles. The molecule has 1 N–H and O–H groups in total. The van der Waals surface area contributed by atoms with Crippen molar-refractivity contribution in [2.45, 2.75) is 5.03 Å². The van der Waals surface area contributed by atoms with Gasteiger partial charge in [-0.25, -0.2) is 9.37 Å². The van der Waals surface area contributed by atoms with Gasteiger partial charge in [0.25, 0.3) is 15.7 Å². The number of benzene rings is 1. The Morgan fingerprint density at radius 2 is 2.05 bits per heavy atom. The number of aromatic nitrogens is 1. The number of nitro groups is 1. The summed E-state index contributed by atoms with van der Waals surface area (Å²) in [6.45, 7) is 0. The average Bonchev–Trinajstić information content (AvgIpc) is 2.41. The Morgan fingerprint density at radius 3 is 2.67 bits per heavy atom. The molecule has 0 radical (unpaired) electrons. The molecular weight excluding hydrogens is 369 g/mol. The number of sulfonamides is 1. The minimum absolute atomic E-state index is 0.0887. The number of halogens is 2. The van der Waals surface area contributed by atoms with Crippen LogP contribution in [0, 0.1) is 15.9 Å². The number of hydrogen-bond donors (Lipinski definition) is 1. The van der Waals surface area contributed by atoms with E-state index in [0.717, 1.165) is 18.3 Å². The molecule has 0 bridgehead atoms. The molecule has 0 unspecified atom stereocenters. The van der Waals surface area contributed by atoms with Gasteiger partial charge in [0, 0.05) is 22.8 Å². The van der Waals surface area contributed by atoms with E-state index in [4.69, 9.17) is 0 Å². The second kappa shape index (κ2) is 5.74. The van der Waals surface area contributed by atoms with Gasteiger partial charge < -0.3 is 0 Å². The molecule has 2 aromatic rings. The molecule has 0 aliphatic carbocycles. The molecular formula is C11H7BrFN3O4S. The number of non-ortho nitro benzene ring substituents is 1. The molecule has 1 aromatic carbocycles. The lowest BCUT2D eigenvalue weighted by Crippen LogP contribution is -2.16. The topological polar surface area (TPSA) is 102 Å². The monoisotopic (exact) mass is 375 g/mol. The van der Waals surface area contributed by atoms with E-state index < -0.39 is 25.8 Å². The number of anilines is 1. The summed E-state index contributed by atoms with van der Waals surface area (Å²) in [5, 5.41) is 9.91. The van der Waals surface area contributed by atoms with E-state index in [9.17, 15) is 22.9 Å². The highest BCUT2D eigenvalue weighted by molar-refractivity contribution is 9.10. The van der Waals surface area contributed by atoms with Crippen LogP contribution in [0.1, 0.15) is 0 Å². The second-order valence-corrected chi connectivity index (χ2v) is 6.27. The van der Waals surface area contributed by atoms with Gasteiger partial charge in [0.05, 0.1) is 10.6 Å². The highest BCUT2D eigenvalue weighted by Crippen LogP contribution is 2.29. The first-order chi connectivity index (χ1) is 9.81. The predicted molar refractivity (Wildman–Crippen MR) is 75.8 cm³/mol. The third-order valence-electron chi connectivity index (χ3n) is 2.38. The summed E-state index contributed by atoms with van der Waals surface area (Å²) in [6.07, 6.45) is 1.13. The summed E-state index contributed by atoms with van der Waals surface area (Å²) in [7, 11) is -4.30. The van der Waals surface area contributed by atoms with Crippen molar-refractivity contribution in [1.29, 1.82) is 0 Å². The van der Waals surface area contributed by atoms with Crippen LogP contribution >= 0.6 is 15.9 Å². The number of rotatable bonds is 4. The van der Waals surface area contributed by atoms with Gasteiger partial charge in [-0.2, -0.15) is 8.42 Å². The van der Waals surface area contributed by atoms with Crippen molar-refractivity contribution in [3.05, 3.63) is 56.9 Å². The fraction of sp³-hybridized carbons (Fsp3) is 0. The van der Waals surface area contributed by atoms with Crippen LogP contribution in [0.5, 0.6) is 0 Å². The van der Waals surface area contributed by atoms with Crippen molar-refractivity contribution < 1.29 is 17.7 Å². The van der Waals surface area contributed by atoms with Gasteiger partial charge in [0.2, 0.25) is 5.03 Å². The van der Waals surface area contributed by atoms with Crippen LogP contribution in [0.3, 0.4) is 0 Å². The standard InChI is InChI=1S/C11H7BrFN3O4S/c12-8-4-3-7(16(17)18)6-10(8)15-21(19,20)11-9(13)2-1-5-14-11/h1-6,15H. The second-order valence-electron chi connectivity index (χ2n) is 3.82. The van der Waals surface area contributed by atoms with E-state index in [0.29, 0.717) is 0 Å². The maximum atomic E-state index is 13.5. The Bertz CT molecular complexity index is 813. The lowest BCUT2D eigenvalue weighted by molar-refractivity contribution is -0.384. The molecule has 0 saturated carbocycles. The minimum atomic E-state index is -4.30. The van der Waals surface area contributed by atoms with Crippen molar-refractivity contribution in [3.63, 3.8) is 0 Å². The summed E-state index contributed by atoms with van der Waals surface area (Å²) >= 11 is 3.06. The fourth-order valence-electron chi connectivity index (χ4n) is 1.47. The van der Waals surface area contributed by atoms with E-state index in [1.807, 2.05) is 0 Å². The zero-order chi connectivity index (χ0) is 15.6. The molecule has 0 spiro atoms. The molecule has 0 fully saturated rings. The third kappa shape index (κ3) is 3.34. The molecule has 1 aromatic heterocycles. The Morgan fingerprint density at radius 1 is 1.33 bits per heavy atom. The van der Waals surface area contributed by atoms with E-state index >= 15 is 0 Å². The van der Waals surface area contributed by atoms with Gasteiger partial charge in [-0.3, -0.25) is 14.8 Å².